The van der Waals surface area contributed by atoms with Gasteiger partial charge in [0.05, 0.1) is 11.6 Å². The van der Waals surface area contributed by atoms with E-state index in [0.29, 0.717) is 18.5 Å². The second-order valence-electron chi connectivity index (χ2n) is 10.5. The number of nitrogens with zero attached hydrogens (tertiary/aromatic N) is 2. The molecule has 1 heterocycles. The minimum Gasteiger partial charge on any atom is -0.510 e. The average molecular weight is 498 g/mol. The van der Waals surface area contributed by atoms with E-state index >= 15 is 0 Å². The van der Waals surface area contributed by atoms with Crippen molar-refractivity contribution in [2.75, 3.05) is 27.2 Å². The number of likely N-dealkylation sites (N-methyl/N-ethyl adjacent to an activating group) is 1. The Bertz CT molecular complexity index is 1240. The summed E-state index contributed by atoms with van der Waals surface area (Å²) >= 11 is 0. The summed E-state index contributed by atoms with van der Waals surface area (Å²) in [6.45, 7) is 2.54. The first-order valence-electron chi connectivity index (χ1n) is 12.2. The Morgan fingerprint density at radius 2 is 1.83 bits per heavy atom. The topological polar surface area (TPSA) is 165 Å². The Kier molecular flexibility index (Phi) is 5.73. The number of hydrogen-bond acceptors (Lipinski definition) is 9. The van der Waals surface area contributed by atoms with Gasteiger partial charge in [0, 0.05) is 18.0 Å². The molecule has 36 heavy (non-hydrogen) atoms. The van der Waals surface area contributed by atoms with E-state index in [-0.39, 0.29) is 23.3 Å². The van der Waals surface area contributed by atoms with Gasteiger partial charge in [-0.2, -0.15) is 0 Å². The lowest BCUT2D eigenvalue weighted by Gasteiger charge is -2.50. The summed E-state index contributed by atoms with van der Waals surface area (Å²) in [5, 5.41) is 44.4. The highest BCUT2D eigenvalue weighted by Crippen LogP contribution is 2.52. The number of rotatable bonds is 4. The molecule has 5 rings (SSSR count). The highest BCUT2D eigenvalue weighted by atomic mass is 16.3. The van der Waals surface area contributed by atoms with Crippen molar-refractivity contribution in [1.82, 2.24) is 9.80 Å². The Labute approximate surface area is 208 Å². The van der Waals surface area contributed by atoms with Crippen molar-refractivity contribution < 1.29 is 34.8 Å². The number of Topliss-reactive ketones (excluding diaryl/α,β-unsaturated/α-hetero) is 2. The predicted molar refractivity (Wildman–Crippen MR) is 128 cm³/mol. The lowest BCUT2D eigenvalue weighted by atomic mass is 9.58. The van der Waals surface area contributed by atoms with E-state index in [1.807, 2.05) is 6.07 Å². The Balaban J connectivity index is 1.66. The molecule has 10 nitrogen and oxygen atoms in total. The van der Waals surface area contributed by atoms with Crippen molar-refractivity contribution >= 4 is 17.5 Å². The molecule has 3 aliphatic carbocycles. The number of carbonyl (C=O) groups is 3. The molecule has 4 atom stereocenters. The van der Waals surface area contributed by atoms with E-state index < -0.39 is 58.0 Å². The number of aliphatic hydroxyl groups excluding tert-OH is 2. The third-order valence-corrected chi connectivity index (χ3v) is 8.30. The van der Waals surface area contributed by atoms with Crippen molar-refractivity contribution in [2.45, 2.75) is 43.9 Å². The van der Waals surface area contributed by atoms with Crippen LogP contribution >= 0.6 is 0 Å². The number of nitrogens with two attached hydrogens (primary N) is 1. The summed E-state index contributed by atoms with van der Waals surface area (Å²) < 4.78 is 0. The van der Waals surface area contributed by atoms with Crippen molar-refractivity contribution in [3.8, 4) is 5.75 Å². The van der Waals surface area contributed by atoms with Gasteiger partial charge >= 0.3 is 0 Å². The monoisotopic (exact) mass is 497 g/mol. The Morgan fingerprint density at radius 1 is 1.17 bits per heavy atom. The zero-order chi connectivity index (χ0) is 26.1. The maximum Gasteiger partial charge on any atom is 0.255 e. The summed E-state index contributed by atoms with van der Waals surface area (Å²) in [4.78, 5) is 42.9. The second kappa shape index (κ2) is 8.43. The molecule has 10 heteroatoms. The quantitative estimate of drug-likeness (QED) is 0.377. The summed E-state index contributed by atoms with van der Waals surface area (Å²) in [6.07, 6.45) is 2.61. The molecule has 0 radical (unpaired) electrons. The van der Waals surface area contributed by atoms with Crippen LogP contribution in [0, 0.1) is 11.8 Å². The largest absolute Gasteiger partial charge is 0.510 e. The first kappa shape index (κ1) is 24.5. The average Bonchev–Trinajstić information content (AvgIpc) is 3.31. The van der Waals surface area contributed by atoms with E-state index in [0.717, 1.165) is 31.5 Å². The second-order valence-corrected chi connectivity index (χ2v) is 10.5. The van der Waals surface area contributed by atoms with E-state index in [9.17, 15) is 34.8 Å². The third kappa shape index (κ3) is 3.31. The highest BCUT2D eigenvalue weighted by Gasteiger charge is 2.63. The molecule has 6 N–H and O–H groups in total. The van der Waals surface area contributed by atoms with Crippen LogP contribution < -0.4 is 5.73 Å². The van der Waals surface area contributed by atoms with E-state index in [1.165, 1.54) is 6.07 Å². The molecule has 0 saturated carbocycles. The number of phenols is 1. The van der Waals surface area contributed by atoms with Gasteiger partial charge < -0.3 is 26.2 Å². The molecule has 1 fully saturated rings. The molecular formula is C26H31N3O7. The molecule has 1 aliphatic heterocycles. The third-order valence-electron chi connectivity index (χ3n) is 8.30. The fourth-order valence-corrected chi connectivity index (χ4v) is 6.64. The number of amides is 1. The van der Waals surface area contributed by atoms with Gasteiger partial charge in [0.2, 0.25) is 5.78 Å². The molecule has 0 aromatic heterocycles. The summed E-state index contributed by atoms with van der Waals surface area (Å²) in [6, 6.07) is 2.28. The molecule has 1 aromatic rings. The first-order chi connectivity index (χ1) is 17.0. The van der Waals surface area contributed by atoms with E-state index in [4.69, 9.17) is 5.73 Å². The molecule has 192 valence electrons. The minimum absolute atomic E-state index is 0.0625. The van der Waals surface area contributed by atoms with Crippen LogP contribution in [0.3, 0.4) is 0 Å². The van der Waals surface area contributed by atoms with Gasteiger partial charge in [-0.25, -0.2) is 0 Å². The van der Waals surface area contributed by atoms with Crippen LogP contribution in [0.4, 0.5) is 0 Å². The van der Waals surface area contributed by atoms with E-state index in [1.54, 1.807) is 19.0 Å². The zero-order valence-electron chi connectivity index (χ0n) is 20.3. The molecule has 0 spiro atoms. The fourth-order valence-electron chi connectivity index (χ4n) is 6.64. The van der Waals surface area contributed by atoms with Crippen LogP contribution in [0.15, 0.2) is 34.8 Å². The first-order valence-corrected chi connectivity index (χ1v) is 12.2. The van der Waals surface area contributed by atoms with Gasteiger partial charge in [-0.15, -0.1) is 0 Å². The molecule has 0 bridgehead atoms. The lowest BCUT2D eigenvalue weighted by molar-refractivity contribution is -0.148. The van der Waals surface area contributed by atoms with Crippen LogP contribution in [-0.2, 0) is 22.6 Å². The number of aliphatic hydroxyl groups is 3. The van der Waals surface area contributed by atoms with Crippen molar-refractivity contribution in [2.24, 2.45) is 17.6 Å². The number of carbonyl (C=O) groups excluding carboxylic acids is 3. The van der Waals surface area contributed by atoms with Gasteiger partial charge in [0.25, 0.3) is 5.91 Å². The number of likely N-dealkylation sites (tertiary alicyclic amines) is 1. The molecule has 4 unspecified atom stereocenters. The standard InChI is InChI=1S/C26H31N3O7/c1-28(2)20-15-10-13-9-14-12(11-29-7-3-4-8-29)5-6-16(30)18(14)21(31)17(13)23(33)26(15,36)24(34)19(22(20)32)25(27)35/h5-6,13,15,20,30,32-33,36H,3-4,7-11H2,1-2H3,(H2,27,35). The van der Waals surface area contributed by atoms with Crippen molar-refractivity contribution in [1.29, 1.82) is 0 Å². The van der Waals surface area contributed by atoms with Gasteiger partial charge in [0.15, 0.2) is 11.4 Å². The summed E-state index contributed by atoms with van der Waals surface area (Å²) in [5.41, 5.74) is 3.47. The van der Waals surface area contributed by atoms with Gasteiger partial charge in [-0.1, -0.05) is 6.07 Å². The highest BCUT2D eigenvalue weighted by molar-refractivity contribution is 6.24. The van der Waals surface area contributed by atoms with E-state index in [2.05, 4.69) is 4.90 Å². The van der Waals surface area contributed by atoms with Crippen LogP contribution in [0.2, 0.25) is 0 Å². The maximum atomic E-state index is 13.7. The number of allylic oxidation sites excluding steroid dienone is 1. The molecular weight excluding hydrogens is 466 g/mol. The van der Waals surface area contributed by atoms with Crippen LogP contribution in [0.1, 0.15) is 40.7 Å². The number of fused-ring (bicyclic) bond motifs is 3. The smallest absolute Gasteiger partial charge is 0.255 e. The summed E-state index contributed by atoms with van der Waals surface area (Å²) in [7, 11) is 3.22. The van der Waals surface area contributed by atoms with Gasteiger partial charge in [0.1, 0.15) is 22.8 Å². The predicted octanol–water partition coefficient (Wildman–Crippen LogP) is 0.716. The SMILES string of the molecule is CN(C)C1C(O)=C(C(N)=O)C(=O)C2(O)C(O)=C3C(=O)c4c(O)ccc(CN5CCCC5)c4CC3CC12. The van der Waals surface area contributed by atoms with Gasteiger partial charge in [-0.05, 0) is 76.0 Å². The Morgan fingerprint density at radius 3 is 2.44 bits per heavy atom. The summed E-state index contributed by atoms with van der Waals surface area (Å²) in [5.74, 6) is -6.35. The van der Waals surface area contributed by atoms with Crippen LogP contribution in [0.25, 0.3) is 0 Å². The Hall–Kier alpha value is -3.21. The number of aromatic hydroxyl groups is 1. The van der Waals surface area contributed by atoms with Crippen LogP contribution in [-0.4, -0.2) is 86.5 Å². The lowest BCUT2D eigenvalue weighted by Crippen LogP contribution is -2.63. The number of benzene rings is 1. The van der Waals surface area contributed by atoms with Crippen molar-refractivity contribution in [3.05, 3.63) is 51.5 Å². The minimum atomic E-state index is -2.62. The van der Waals surface area contributed by atoms with Crippen LogP contribution in [0.5, 0.6) is 5.75 Å². The van der Waals surface area contributed by atoms with Crippen molar-refractivity contribution in [3.63, 3.8) is 0 Å². The maximum absolute atomic E-state index is 13.7. The normalized spacial score (nSPS) is 30.5. The fraction of sp³-hybridized carbons (Fsp3) is 0.500. The number of primary amides is 1. The van der Waals surface area contributed by atoms with Gasteiger partial charge in [-0.3, -0.25) is 24.2 Å². The number of ketones is 2. The molecule has 1 amide bonds. The number of phenolic OH excluding ortho intramolecular Hbond substituents is 1. The molecule has 1 saturated heterocycles. The molecule has 1 aromatic carbocycles. The zero-order valence-corrected chi connectivity index (χ0v) is 20.3. The number of hydrogen-bond donors (Lipinski definition) is 5. The molecule has 4 aliphatic rings.